The summed E-state index contributed by atoms with van der Waals surface area (Å²) >= 11 is 6.17. The van der Waals surface area contributed by atoms with Gasteiger partial charge in [-0.1, -0.05) is 42.3 Å². The summed E-state index contributed by atoms with van der Waals surface area (Å²) in [5.41, 5.74) is 1.19. The van der Waals surface area contributed by atoms with Crippen LogP contribution in [0.5, 0.6) is 5.75 Å². The second-order valence-electron chi connectivity index (χ2n) is 8.28. The van der Waals surface area contributed by atoms with Gasteiger partial charge in [-0.2, -0.15) is 0 Å². The van der Waals surface area contributed by atoms with E-state index >= 15 is 0 Å². The van der Waals surface area contributed by atoms with E-state index in [0.717, 1.165) is 32.1 Å². The Labute approximate surface area is 187 Å². The quantitative estimate of drug-likeness (QED) is 0.708. The molecule has 6 nitrogen and oxygen atoms in total. The predicted octanol–water partition coefficient (Wildman–Crippen LogP) is 4.10. The van der Waals surface area contributed by atoms with Crippen LogP contribution in [-0.4, -0.2) is 48.5 Å². The smallest absolute Gasteiger partial charge is 0.255 e. The maximum absolute atomic E-state index is 12.8. The molecule has 2 heterocycles. The molecular formula is C24H28ClN3O3. The molecule has 31 heavy (non-hydrogen) atoms. The number of rotatable bonds is 6. The molecule has 0 saturated carbocycles. The number of amides is 2. The third-order valence-corrected chi connectivity index (χ3v) is 6.62. The highest BCUT2D eigenvalue weighted by Crippen LogP contribution is 2.34. The molecule has 2 fully saturated rings. The number of piperidine rings is 2. The largest absolute Gasteiger partial charge is 0.496 e. The molecule has 2 aliphatic rings. The van der Waals surface area contributed by atoms with Crippen LogP contribution in [-0.2, 0) is 4.79 Å². The van der Waals surface area contributed by atoms with Gasteiger partial charge in [0.05, 0.1) is 29.9 Å². The number of anilines is 1. The lowest BCUT2D eigenvalue weighted by Crippen LogP contribution is -2.58. The number of halogens is 1. The number of methoxy groups -OCH3 is 1. The van der Waals surface area contributed by atoms with Gasteiger partial charge in [0.2, 0.25) is 5.91 Å². The Hall–Kier alpha value is -2.57. The Bertz CT molecular complexity index is 937. The average Bonchev–Trinajstić information content (AvgIpc) is 2.75. The Morgan fingerprint density at radius 3 is 2.45 bits per heavy atom. The van der Waals surface area contributed by atoms with Crippen LogP contribution in [0, 0.1) is 0 Å². The summed E-state index contributed by atoms with van der Waals surface area (Å²) in [5.74, 6) is 0.417. The third-order valence-electron chi connectivity index (χ3n) is 6.29. The van der Waals surface area contributed by atoms with E-state index in [1.807, 2.05) is 24.3 Å². The Kier molecular flexibility index (Phi) is 6.78. The predicted molar refractivity (Wildman–Crippen MR) is 122 cm³/mol. The van der Waals surface area contributed by atoms with Gasteiger partial charge in [-0.3, -0.25) is 14.5 Å². The number of nitrogens with one attached hydrogen (secondary N) is 2. The number of para-hydroxylation sites is 2. The van der Waals surface area contributed by atoms with Crippen LogP contribution in [0.4, 0.5) is 5.69 Å². The summed E-state index contributed by atoms with van der Waals surface area (Å²) in [6.07, 6.45) is 4.92. The SMILES string of the molecule is COc1ccccc1C(=O)NC1CC2CCCC(C1)N2CC(=O)Nc1ccccc1Cl. The minimum atomic E-state index is -0.106. The van der Waals surface area contributed by atoms with E-state index in [9.17, 15) is 9.59 Å². The number of carbonyl (C=O) groups excluding carboxylic acids is 2. The first kappa shape index (κ1) is 21.7. The van der Waals surface area contributed by atoms with E-state index < -0.39 is 0 Å². The van der Waals surface area contributed by atoms with Crippen molar-refractivity contribution in [3.63, 3.8) is 0 Å². The molecular weight excluding hydrogens is 414 g/mol. The summed E-state index contributed by atoms with van der Waals surface area (Å²) in [5, 5.41) is 6.66. The Morgan fingerprint density at radius 2 is 1.74 bits per heavy atom. The van der Waals surface area contributed by atoms with Crippen molar-refractivity contribution < 1.29 is 14.3 Å². The third kappa shape index (κ3) is 5.02. The number of nitrogens with zero attached hydrogens (tertiary/aromatic N) is 1. The molecule has 0 spiro atoms. The maximum Gasteiger partial charge on any atom is 0.255 e. The molecule has 0 aromatic heterocycles. The fourth-order valence-corrected chi connectivity index (χ4v) is 5.05. The standard InChI is InChI=1S/C24H28ClN3O3/c1-31-22-12-5-2-9-19(22)24(30)26-16-13-17-7-6-8-18(14-16)28(17)15-23(29)27-21-11-4-3-10-20(21)25/h2-5,9-12,16-18H,6-8,13-15H2,1H3,(H,26,30)(H,27,29). The highest BCUT2D eigenvalue weighted by molar-refractivity contribution is 6.33. The second kappa shape index (κ2) is 9.71. The van der Waals surface area contributed by atoms with Crippen LogP contribution in [0.1, 0.15) is 42.5 Å². The van der Waals surface area contributed by atoms with Crippen molar-refractivity contribution in [3.8, 4) is 5.75 Å². The van der Waals surface area contributed by atoms with E-state index in [0.29, 0.717) is 28.6 Å². The highest BCUT2D eigenvalue weighted by atomic mass is 35.5. The molecule has 2 amide bonds. The normalized spacial score (nSPS) is 23.1. The number of carbonyl (C=O) groups is 2. The van der Waals surface area contributed by atoms with Gasteiger partial charge >= 0.3 is 0 Å². The molecule has 0 aliphatic carbocycles. The minimum absolute atomic E-state index is 0.0542. The molecule has 0 radical (unpaired) electrons. The molecule has 4 rings (SSSR count). The molecule has 2 aromatic carbocycles. The van der Waals surface area contributed by atoms with E-state index in [4.69, 9.17) is 16.3 Å². The van der Waals surface area contributed by atoms with Crippen LogP contribution in [0.3, 0.4) is 0 Å². The van der Waals surface area contributed by atoms with E-state index in [-0.39, 0.29) is 29.9 Å². The van der Waals surface area contributed by atoms with Crippen LogP contribution >= 0.6 is 11.6 Å². The fraction of sp³-hybridized carbons (Fsp3) is 0.417. The van der Waals surface area contributed by atoms with Gasteiger partial charge in [0.15, 0.2) is 0 Å². The summed E-state index contributed by atoms with van der Waals surface area (Å²) in [7, 11) is 1.57. The molecule has 2 aromatic rings. The molecule has 7 heteroatoms. The minimum Gasteiger partial charge on any atom is -0.496 e. The van der Waals surface area contributed by atoms with Crippen LogP contribution in [0.15, 0.2) is 48.5 Å². The van der Waals surface area contributed by atoms with Gasteiger partial charge in [-0.05, 0) is 49.9 Å². The maximum atomic E-state index is 12.8. The van der Waals surface area contributed by atoms with Gasteiger partial charge in [0.1, 0.15) is 5.75 Å². The van der Waals surface area contributed by atoms with Gasteiger partial charge in [-0.25, -0.2) is 0 Å². The van der Waals surface area contributed by atoms with Crippen molar-refractivity contribution in [1.29, 1.82) is 0 Å². The molecule has 2 aliphatic heterocycles. The molecule has 164 valence electrons. The first-order valence-electron chi connectivity index (χ1n) is 10.8. The van der Waals surface area contributed by atoms with Crippen molar-refractivity contribution in [1.82, 2.24) is 10.2 Å². The monoisotopic (exact) mass is 441 g/mol. The second-order valence-corrected chi connectivity index (χ2v) is 8.69. The zero-order valence-corrected chi connectivity index (χ0v) is 18.4. The van der Waals surface area contributed by atoms with Gasteiger partial charge in [0, 0.05) is 18.1 Å². The van der Waals surface area contributed by atoms with Crippen molar-refractivity contribution >= 4 is 29.1 Å². The highest BCUT2D eigenvalue weighted by Gasteiger charge is 2.39. The van der Waals surface area contributed by atoms with Crippen molar-refractivity contribution in [2.75, 3.05) is 19.0 Å². The van der Waals surface area contributed by atoms with Crippen LogP contribution in [0.2, 0.25) is 5.02 Å². The Balaban J connectivity index is 1.38. The number of ether oxygens (including phenoxy) is 1. The van der Waals surface area contributed by atoms with Crippen molar-refractivity contribution in [2.24, 2.45) is 0 Å². The fourth-order valence-electron chi connectivity index (χ4n) is 4.87. The summed E-state index contributed by atoms with van der Waals surface area (Å²) in [4.78, 5) is 27.8. The van der Waals surface area contributed by atoms with Crippen molar-refractivity contribution in [2.45, 2.75) is 50.2 Å². The Morgan fingerprint density at radius 1 is 1.06 bits per heavy atom. The summed E-state index contributed by atoms with van der Waals surface area (Å²) in [6, 6.07) is 15.2. The topological polar surface area (TPSA) is 70.7 Å². The first-order valence-corrected chi connectivity index (χ1v) is 11.2. The average molecular weight is 442 g/mol. The van der Waals surface area contributed by atoms with Gasteiger partial charge in [-0.15, -0.1) is 0 Å². The number of benzene rings is 2. The number of fused-ring (bicyclic) bond motifs is 2. The zero-order valence-electron chi connectivity index (χ0n) is 17.6. The summed E-state index contributed by atoms with van der Waals surface area (Å²) < 4.78 is 5.33. The van der Waals surface area contributed by atoms with E-state index in [1.165, 1.54) is 0 Å². The molecule has 2 atom stereocenters. The van der Waals surface area contributed by atoms with E-state index in [1.54, 1.807) is 31.4 Å². The first-order chi connectivity index (χ1) is 15.0. The number of hydrogen-bond donors (Lipinski definition) is 2. The van der Waals surface area contributed by atoms with Crippen LogP contribution < -0.4 is 15.4 Å². The zero-order chi connectivity index (χ0) is 21.8. The molecule has 2 bridgehead atoms. The van der Waals surface area contributed by atoms with E-state index in [2.05, 4.69) is 15.5 Å². The number of hydrogen-bond acceptors (Lipinski definition) is 4. The van der Waals surface area contributed by atoms with Crippen LogP contribution in [0.25, 0.3) is 0 Å². The van der Waals surface area contributed by atoms with Gasteiger partial charge < -0.3 is 15.4 Å². The lowest BCUT2D eigenvalue weighted by Gasteiger charge is -2.48. The molecule has 2 unspecified atom stereocenters. The summed E-state index contributed by atoms with van der Waals surface area (Å²) in [6.45, 7) is 0.341. The lowest BCUT2D eigenvalue weighted by molar-refractivity contribution is -0.120. The lowest BCUT2D eigenvalue weighted by atomic mass is 9.81. The van der Waals surface area contributed by atoms with Crippen molar-refractivity contribution in [3.05, 3.63) is 59.1 Å². The molecule has 2 saturated heterocycles. The molecule has 2 N–H and O–H groups in total. The van der Waals surface area contributed by atoms with Gasteiger partial charge in [0.25, 0.3) is 5.91 Å².